The van der Waals surface area contributed by atoms with Gasteiger partial charge in [0.2, 0.25) is 6.79 Å². The van der Waals surface area contributed by atoms with Crippen LogP contribution in [0, 0.1) is 5.92 Å². The van der Waals surface area contributed by atoms with Crippen LogP contribution < -0.4 is 14.8 Å². The highest BCUT2D eigenvalue weighted by molar-refractivity contribution is 5.98. The third kappa shape index (κ3) is 7.96. The minimum absolute atomic E-state index is 0.0528. The number of hydrogen-bond donors (Lipinski definition) is 1. The SMILES string of the molecule is COc1ccnc(C(=O)N[C@H]2COC(=O)[C@H](Cc3ccccc3)[C@@H](OC3CCCC3)[C@H](C)OC2=O)c1OCOC(C)=O. The van der Waals surface area contributed by atoms with Crippen molar-refractivity contribution in [2.45, 2.75) is 70.3 Å². The molecule has 1 saturated heterocycles. The second-order valence-corrected chi connectivity index (χ2v) is 10.2. The number of pyridine rings is 1. The number of nitrogens with zero attached hydrogens (tertiary/aromatic N) is 1. The Hall–Kier alpha value is -4.19. The largest absolute Gasteiger partial charge is 0.493 e. The highest BCUT2D eigenvalue weighted by atomic mass is 16.7. The number of aromatic nitrogens is 1. The zero-order valence-electron chi connectivity index (χ0n) is 23.9. The number of cyclic esters (lactones) is 2. The van der Waals surface area contributed by atoms with Gasteiger partial charge in [-0.15, -0.1) is 0 Å². The first kappa shape index (κ1) is 30.8. The second kappa shape index (κ2) is 14.6. The molecule has 2 aromatic rings. The molecule has 4 rings (SSSR count). The molecule has 1 amide bonds. The third-order valence-corrected chi connectivity index (χ3v) is 7.17. The fourth-order valence-electron chi connectivity index (χ4n) is 5.04. The fraction of sp³-hybridized carbons (Fsp3) is 0.500. The summed E-state index contributed by atoms with van der Waals surface area (Å²) in [5, 5.41) is 2.53. The number of rotatable bonds is 10. The summed E-state index contributed by atoms with van der Waals surface area (Å²) in [5.41, 5.74) is 0.672. The van der Waals surface area contributed by atoms with Crippen LogP contribution in [-0.4, -0.2) is 73.7 Å². The van der Waals surface area contributed by atoms with Crippen LogP contribution >= 0.6 is 0 Å². The monoisotopic (exact) mass is 584 g/mol. The minimum atomic E-state index is -1.35. The highest BCUT2D eigenvalue weighted by Gasteiger charge is 2.42. The van der Waals surface area contributed by atoms with Gasteiger partial charge >= 0.3 is 17.9 Å². The van der Waals surface area contributed by atoms with Crippen LogP contribution in [0.2, 0.25) is 0 Å². The van der Waals surface area contributed by atoms with Crippen LogP contribution in [0.3, 0.4) is 0 Å². The van der Waals surface area contributed by atoms with Crippen molar-refractivity contribution in [3.8, 4) is 11.5 Å². The lowest BCUT2D eigenvalue weighted by Crippen LogP contribution is -2.47. The van der Waals surface area contributed by atoms with E-state index in [0.29, 0.717) is 6.42 Å². The van der Waals surface area contributed by atoms with Crippen molar-refractivity contribution in [3.63, 3.8) is 0 Å². The molecule has 1 aliphatic heterocycles. The maximum absolute atomic E-state index is 13.5. The quantitative estimate of drug-likeness (QED) is 0.250. The van der Waals surface area contributed by atoms with Crippen LogP contribution in [0.4, 0.5) is 0 Å². The van der Waals surface area contributed by atoms with Gasteiger partial charge in [-0.25, -0.2) is 9.78 Å². The number of amides is 1. The summed E-state index contributed by atoms with van der Waals surface area (Å²) in [4.78, 5) is 55.3. The number of carbonyl (C=O) groups excluding carboxylic acids is 4. The van der Waals surface area contributed by atoms with Gasteiger partial charge in [-0.1, -0.05) is 43.2 Å². The van der Waals surface area contributed by atoms with E-state index in [4.69, 9.17) is 28.4 Å². The number of carbonyl (C=O) groups is 4. The summed E-state index contributed by atoms with van der Waals surface area (Å²) in [6.45, 7) is 1.92. The highest BCUT2D eigenvalue weighted by Crippen LogP contribution is 2.31. The normalized spacial score (nSPS) is 23.0. The van der Waals surface area contributed by atoms with E-state index in [1.807, 2.05) is 30.3 Å². The molecule has 42 heavy (non-hydrogen) atoms. The van der Waals surface area contributed by atoms with Crippen LogP contribution in [0.25, 0.3) is 0 Å². The predicted octanol–water partition coefficient (Wildman–Crippen LogP) is 2.76. The van der Waals surface area contributed by atoms with Crippen LogP contribution in [0.1, 0.15) is 55.6 Å². The van der Waals surface area contributed by atoms with Crippen molar-refractivity contribution in [2.75, 3.05) is 20.5 Å². The molecule has 226 valence electrons. The molecule has 1 aromatic heterocycles. The van der Waals surface area contributed by atoms with Gasteiger partial charge in [0.15, 0.2) is 23.2 Å². The van der Waals surface area contributed by atoms with Crippen molar-refractivity contribution in [3.05, 3.63) is 53.9 Å². The molecular formula is C30H36N2O10. The molecule has 4 atom stereocenters. The van der Waals surface area contributed by atoms with Gasteiger partial charge in [0.1, 0.15) is 18.8 Å². The van der Waals surface area contributed by atoms with Crippen molar-refractivity contribution in [1.82, 2.24) is 10.3 Å². The number of hydrogen-bond acceptors (Lipinski definition) is 11. The average molecular weight is 585 g/mol. The van der Waals surface area contributed by atoms with Crippen LogP contribution in [-0.2, 0) is 39.8 Å². The summed E-state index contributed by atoms with van der Waals surface area (Å²) < 4.78 is 33.3. The number of ether oxygens (including phenoxy) is 6. The fourth-order valence-corrected chi connectivity index (χ4v) is 5.04. The summed E-state index contributed by atoms with van der Waals surface area (Å²) in [6, 6.07) is 9.58. The van der Waals surface area contributed by atoms with E-state index < -0.39 is 61.4 Å². The Morgan fingerprint density at radius 2 is 1.81 bits per heavy atom. The molecule has 12 nitrogen and oxygen atoms in total. The van der Waals surface area contributed by atoms with E-state index in [1.165, 1.54) is 26.3 Å². The van der Waals surface area contributed by atoms with E-state index in [2.05, 4.69) is 10.3 Å². The Labute approximate surface area is 244 Å². The van der Waals surface area contributed by atoms with Crippen LogP contribution in [0.5, 0.6) is 11.5 Å². The van der Waals surface area contributed by atoms with Gasteiger partial charge in [0.05, 0.1) is 19.1 Å². The molecule has 0 unspecified atom stereocenters. The second-order valence-electron chi connectivity index (χ2n) is 10.2. The number of benzene rings is 1. The lowest BCUT2D eigenvalue weighted by atomic mass is 9.91. The number of nitrogens with one attached hydrogen (secondary N) is 1. The van der Waals surface area contributed by atoms with Gasteiger partial charge in [0.25, 0.3) is 5.91 Å². The van der Waals surface area contributed by atoms with Crippen molar-refractivity contribution in [1.29, 1.82) is 0 Å². The van der Waals surface area contributed by atoms with Gasteiger partial charge in [-0.3, -0.25) is 14.4 Å². The molecule has 2 aliphatic rings. The lowest BCUT2D eigenvalue weighted by molar-refractivity contribution is -0.169. The minimum Gasteiger partial charge on any atom is -0.493 e. The molecule has 1 N–H and O–H groups in total. The maximum Gasteiger partial charge on any atom is 0.332 e. The zero-order chi connectivity index (χ0) is 30.1. The predicted molar refractivity (Wildman–Crippen MR) is 147 cm³/mol. The zero-order valence-corrected chi connectivity index (χ0v) is 23.9. The van der Waals surface area contributed by atoms with E-state index in [1.54, 1.807) is 6.92 Å². The van der Waals surface area contributed by atoms with Crippen molar-refractivity contribution < 1.29 is 47.6 Å². The van der Waals surface area contributed by atoms with Gasteiger partial charge in [-0.2, -0.15) is 0 Å². The Balaban J connectivity index is 1.55. The summed E-state index contributed by atoms with van der Waals surface area (Å²) in [7, 11) is 1.36. The van der Waals surface area contributed by atoms with Crippen molar-refractivity contribution in [2.24, 2.45) is 5.92 Å². The Kier molecular flexibility index (Phi) is 10.7. The Bertz CT molecular complexity index is 1250. The van der Waals surface area contributed by atoms with Crippen LogP contribution in [0.15, 0.2) is 42.6 Å². The maximum atomic E-state index is 13.5. The first-order chi connectivity index (χ1) is 20.3. The molecule has 12 heteroatoms. The molecule has 1 saturated carbocycles. The summed E-state index contributed by atoms with van der Waals surface area (Å²) >= 11 is 0. The summed E-state index contributed by atoms with van der Waals surface area (Å²) in [5.74, 6) is -3.47. The standard InChI is InChI=1S/C30H36N2O10/c1-18-26(42-21-11-7-8-12-21)22(15-20-9-5-4-6-10-20)29(35)38-16-23(30(36)41-18)32-28(34)25-27(40-17-39-19(2)33)24(37-3)13-14-31-25/h4-6,9-10,13-14,18,21-23,26H,7-8,11-12,15-17H2,1-3H3,(H,32,34)/t18-,22+,23-,26-/m0/s1. The summed E-state index contributed by atoms with van der Waals surface area (Å²) in [6.07, 6.45) is 3.80. The Morgan fingerprint density at radius 1 is 1.07 bits per heavy atom. The lowest BCUT2D eigenvalue weighted by Gasteiger charge is -2.31. The van der Waals surface area contributed by atoms with Gasteiger partial charge in [-0.05, 0) is 31.7 Å². The van der Waals surface area contributed by atoms with E-state index in [-0.39, 0.29) is 23.3 Å². The van der Waals surface area contributed by atoms with E-state index in [9.17, 15) is 19.2 Å². The smallest absolute Gasteiger partial charge is 0.332 e. The molecule has 2 fully saturated rings. The number of methoxy groups -OCH3 is 1. The molecule has 0 spiro atoms. The molecule has 1 aliphatic carbocycles. The molecule has 0 radical (unpaired) electrons. The molecule has 2 heterocycles. The van der Waals surface area contributed by atoms with E-state index >= 15 is 0 Å². The average Bonchev–Trinajstić information content (AvgIpc) is 3.50. The molecule has 1 aromatic carbocycles. The third-order valence-electron chi connectivity index (χ3n) is 7.17. The van der Waals surface area contributed by atoms with E-state index in [0.717, 1.165) is 31.2 Å². The van der Waals surface area contributed by atoms with Gasteiger partial charge < -0.3 is 33.7 Å². The van der Waals surface area contributed by atoms with Crippen molar-refractivity contribution >= 4 is 23.8 Å². The number of esters is 3. The molecule has 0 bridgehead atoms. The first-order valence-electron chi connectivity index (χ1n) is 13.9. The first-order valence-corrected chi connectivity index (χ1v) is 13.9. The van der Waals surface area contributed by atoms with Gasteiger partial charge in [0, 0.05) is 19.2 Å². The molecular weight excluding hydrogens is 548 g/mol. The Morgan fingerprint density at radius 3 is 2.50 bits per heavy atom. The topological polar surface area (TPSA) is 149 Å².